The van der Waals surface area contributed by atoms with Crippen LogP contribution in [0.15, 0.2) is 0 Å². The third-order valence-electron chi connectivity index (χ3n) is 3.61. The molecule has 0 unspecified atom stereocenters. The normalized spacial score (nSPS) is 17.2. The standard InChI is InChI=1S/C16H31N3O3/c1-16(2,3)22-15(21)17-7-9-19-12-10-18(11-13-19)8-5-4-6-14-20/h14H,4-13H2,1-3H3,(H,17,21). The van der Waals surface area contributed by atoms with Gasteiger partial charge in [-0.15, -0.1) is 0 Å². The van der Waals surface area contributed by atoms with E-state index in [0.29, 0.717) is 13.0 Å². The number of carbonyl (C=O) groups excluding carboxylic acids is 2. The molecule has 1 N–H and O–H groups in total. The van der Waals surface area contributed by atoms with E-state index in [0.717, 1.165) is 58.4 Å². The number of ether oxygens (including phenoxy) is 1. The lowest BCUT2D eigenvalue weighted by atomic mass is 10.2. The summed E-state index contributed by atoms with van der Waals surface area (Å²) in [6.07, 6.45) is 3.41. The molecule has 0 aromatic carbocycles. The molecule has 1 heterocycles. The highest BCUT2D eigenvalue weighted by atomic mass is 16.6. The van der Waals surface area contributed by atoms with Crippen LogP contribution < -0.4 is 5.32 Å². The molecule has 1 fully saturated rings. The lowest BCUT2D eigenvalue weighted by Crippen LogP contribution is -2.48. The van der Waals surface area contributed by atoms with Gasteiger partial charge < -0.3 is 19.7 Å². The number of piperazine rings is 1. The van der Waals surface area contributed by atoms with E-state index in [1.165, 1.54) is 0 Å². The zero-order valence-electron chi connectivity index (χ0n) is 14.3. The van der Waals surface area contributed by atoms with Crippen molar-refractivity contribution in [3.8, 4) is 0 Å². The van der Waals surface area contributed by atoms with Gasteiger partial charge in [-0.2, -0.15) is 0 Å². The smallest absolute Gasteiger partial charge is 0.407 e. The minimum atomic E-state index is -0.445. The van der Waals surface area contributed by atoms with Crippen molar-refractivity contribution in [2.24, 2.45) is 0 Å². The van der Waals surface area contributed by atoms with Crippen molar-refractivity contribution in [3.05, 3.63) is 0 Å². The first kappa shape index (κ1) is 18.9. The van der Waals surface area contributed by atoms with E-state index in [2.05, 4.69) is 15.1 Å². The Labute approximate surface area is 134 Å². The molecule has 22 heavy (non-hydrogen) atoms. The van der Waals surface area contributed by atoms with E-state index >= 15 is 0 Å². The van der Waals surface area contributed by atoms with Crippen LogP contribution in [0.3, 0.4) is 0 Å². The fraction of sp³-hybridized carbons (Fsp3) is 0.875. The van der Waals surface area contributed by atoms with Crippen molar-refractivity contribution in [3.63, 3.8) is 0 Å². The highest BCUT2D eigenvalue weighted by Crippen LogP contribution is 2.06. The Balaban J connectivity index is 2.05. The molecule has 1 aliphatic heterocycles. The maximum absolute atomic E-state index is 11.5. The maximum Gasteiger partial charge on any atom is 0.407 e. The van der Waals surface area contributed by atoms with Crippen molar-refractivity contribution >= 4 is 12.4 Å². The van der Waals surface area contributed by atoms with Gasteiger partial charge in [-0.05, 0) is 40.2 Å². The summed E-state index contributed by atoms with van der Waals surface area (Å²) in [4.78, 5) is 26.6. The third kappa shape index (κ3) is 9.00. The number of hydrogen-bond acceptors (Lipinski definition) is 5. The summed E-state index contributed by atoms with van der Waals surface area (Å²) in [5.74, 6) is 0. The SMILES string of the molecule is CC(C)(C)OC(=O)NCCN1CCN(CCCCC=O)CC1. The number of unbranched alkanes of at least 4 members (excludes halogenated alkanes) is 2. The largest absolute Gasteiger partial charge is 0.444 e. The van der Waals surface area contributed by atoms with Crippen LogP contribution in [0.4, 0.5) is 4.79 Å². The molecule has 0 spiro atoms. The molecule has 0 bridgehead atoms. The molecule has 1 rings (SSSR count). The molecule has 0 aromatic heterocycles. The number of alkyl carbamates (subject to hydrolysis) is 1. The fourth-order valence-corrected chi connectivity index (χ4v) is 2.43. The molecule has 1 saturated heterocycles. The number of nitrogens with one attached hydrogen (secondary N) is 1. The number of aldehydes is 1. The molecule has 1 amide bonds. The molecule has 6 nitrogen and oxygen atoms in total. The molecule has 0 aromatic rings. The van der Waals surface area contributed by atoms with E-state index < -0.39 is 5.60 Å². The van der Waals surface area contributed by atoms with Crippen LogP contribution in [0.2, 0.25) is 0 Å². The average molecular weight is 313 g/mol. The van der Waals surface area contributed by atoms with Crippen molar-refractivity contribution < 1.29 is 14.3 Å². The fourth-order valence-electron chi connectivity index (χ4n) is 2.43. The summed E-state index contributed by atoms with van der Waals surface area (Å²) in [5, 5.41) is 2.80. The number of hydrogen-bond donors (Lipinski definition) is 1. The van der Waals surface area contributed by atoms with Crippen LogP contribution in [-0.4, -0.2) is 73.6 Å². The van der Waals surface area contributed by atoms with Gasteiger partial charge in [0.1, 0.15) is 11.9 Å². The predicted molar refractivity (Wildman–Crippen MR) is 87.0 cm³/mol. The van der Waals surface area contributed by atoms with Gasteiger partial charge in [0.15, 0.2) is 0 Å². The van der Waals surface area contributed by atoms with Crippen LogP contribution in [0, 0.1) is 0 Å². The minimum absolute atomic E-state index is 0.346. The topological polar surface area (TPSA) is 61.9 Å². The second-order valence-electron chi connectivity index (χ2n) is 6.77. The van der Waals surface area contributed by atoms with Gasteiger partial charge in [-0.1, -0.05) is 0 Å². The first-order chi connectivity index (χ1) is 10.4. The molecule has 0 radical (unpaired) electrons. The second kappa shape index (κ2) is 9.79. The number of amides is 1. The number of nitrogens with zero attached hydrogens (tertiary/aromatic N) is 2. The van der Waals surface area contributed by atoms with Gasteiger partial charge in [-0.3, -0.25) is 4.90 Å². The molecule has 0 aliphatic carbocycles. The Kier molecular flexibility index (Phi) is 8.42. The first-order valence-corrected chi connectivity index (χ1v) is 8.26. The van der Waals surface area contributed by atoms with Crippen molar-refractivity contribution in [1.29, 1.82) is 0 Å². The quantitative estimate of drug-likeness (QED) is 0.543. The zero-order chi connectivity index (χ0) is 16.4. The highest BCUT2D eigenvalue weighted by molar-refractivity contribution is 5.67. The van der Waals surface area contributed by atoms with E-state index in [4.69, 9.17) is 4.74 Å². The van der Waals surface area contributed by atoms with E-state index in [9.17, 15) is 9.59 Å². The lowest BCUT2D eigenvalue weighted by Gasteiger charge is -2.34. The van der Waals surface area contributed by atoms with Crippen LogP contribution in [0.1, 0.15) is 40.0 Å². The molecule has 0 saturated carbocycles. The van der Waals surface area contributed by atoms with Crippen molar-refractivity contribution in [2.45, 2.75) is 45.6 Å². The maximum atomic E-state index is 11.5. The van der Waals surface area contributed by atoms with Gasteiger partial charge >= 0.3 is 6.09 Å². The van der Waals surface area contributed by atoms with Gasteiger partial charge in [0.2, 0.25) is 0 Å². The van der Waals surface area contributed by atoms with Gasteiger partial charge in [0.05, 0.1) is 0 Å². The van der Waals surface area contributed by atoms with Crippen LogP contribution >= 0.6 is 0 Å². The monoisotopic (exact) mass is 313 g/mol. The van der Waals surface area contributed by atoms with Crippen LogP contribution in [-0.2, 0) is 9.53 Å². The minimum Gasteiger partial charge on any atom is -0.444 e. The molecule has 0 atom stereocenters. The summed E-state index contributed by atoms with van der Waals surface area (Å²) in [5.41, 5.74) is -0.445. The number of rotatable bonds is 8. The van der Waals surface area contributed by atoms with Crippen molar-refractivity contribution in [2.75, 3.05) is 45.8 Å². The summed E-state index contributed by atoms with van der Waals surface area (Å²) in [6.45, 7) is 12.3. The summed E-state index contributed by atoms with van der Waals surface area (Å²) in [7, 11) is 0. The van der Waals surface area contributed by atoms with Gasteiger partial charge in [0, 0.05) is 45.7 Å². The number of carbonyl (C=O) groups is 2. The molecular formula is C16H31N3O3. The predicted octanol–water partition coefficient (Wildman–Crippen LogP) is 1.50. The Hall–Kier alpha value is -1.14. The van der Waals surface area contributed by atoms with Crippen LogP contribution in [0.5, 0.6) is 0 Å². The highest BCUT2D eigenvalue weighted by Gasteiger charge is 2.18. The van der Waals surface area contributed by atoms with Crippen LogP contribution in [0.25, 0.3) is 0 Å². The summed E-state index contributed by atoms with van der Waals surface area (Å²) < 4.78 is 5.21. The Morgan fingerprint density at radius 1 is 1.09 bits per heavy atom. The molecule has 1 aliphatic rings. The van der Waals surface area contributed by atoms with Gasteiger partial charge in [0.25, 0.3) is 0 Å². The Morgan fingerprint density at radius 3 is 2.23 bits per heavy atom. The summed E-state index contributed by atoms with van der Waals surface area (Å²) >= 11 is 0. The summed E-state index contributed by atoms with van der Waals surface area (Å²) in [6, 6.07) is 0. The lowest BCUT2D eigenvalue weighted by molar-refractivity contribution is -0.107. The van der Waals surface area contributed by atoms with Gasteiger partial charge in [-0.25, -0.2) is 4.79 Å². The molecule has 128 valence electrons. The second-order valence-corrected chi connectivity index (χ2v) is 6.77. The zero-order valence-corrected chi connectivity index (χ0v) is 14.3. The molecular weight excluding hydrogens is 282 g/mol. The van der Waals surface area contributed by atoms with Crippen molar-refractivity contribution in [1.82, 2.24) is 15.1 Å². The van der Waals surface area contributed by atoms with E-state index in [1.807, 2.05) is 20.8 Å². The Morgan fingerprint density at radius 2 is 1.68 bits per heavy atom. The Bertz CT molecular complexity index is 334. The van der Waals surface area contributed by atoms with E-state index in [-0.39, 0.29) is 6.09 Å². The first-order valence-electron chi connectivity index (χ1n) is 8.26. The average Bonchev–Trinajstić information content (AvgIpc) is 2.43. The van der Waals surface area contributed by atoms with E-state index in [1.54, 1.807) is 0 Å². The third-order valence-corrected chi connectivity index (χ3v) is 3.61. The molecule has 6 heteroatoms.